The van der Waals surface area contributed by atoms with Gasteiger partial charge in [-0.25, -0.2) is 5.43 Å². The molecule has 0 radical (unpaired) electrons. The fourth-order valence-corrected chi connectivity index (χ4v) is 2.27. The molecule has 0 aliphatic carbocycles. The van der Waals surface area contributed by atoms with E-state index >= 15 is 0 Å². The van der Waals surface area contributed by atoms with E-state index in [1.165, 1.54) is 5.69 Å². The van der Waals surface area contributed by atoms with Crippen molar-refractivity contribution in [3.8, 4) is 5.75 Å². The summed E-state index contributed by atoms with van der Waals surface area (Å²) in [5.41, 5.74) is 6.29. The van der Waals surface area contributed by atoms with E-state index in [-0.39, 0.29) is 6.04 Å². The van der Waals surface area contributed by atoms with Gasteiger partial charge in [-0.15, -0.1) is 0 Å². The predicted molar refractivity (Wildman–Crippen MR) is 87.5 cm³/mol. The highest BCUT2D eigenvalue weighted by Gasteiger charge is 2.12. The topological polar surface area (TPSA) is 50.5 Å². The van der Waals surface area contributed by atoms with E-state index in [0.29, 0.717) is 6.61 Å². The maximum absolute atomic E-state index is 5.74. The van der Waals surface area contributed by atoms with Crippen LogP contribution in [0, 0.1) is 0 Å². The van der Waals surface area contributed by atoms with Crippen LogP contribution in [0.25, 0.3) is 0 Å². The third kappa shape index (κ3) is 3.74. The molecule has 0 aliphatic rings. The van der Waals surface area contributed by atoms with Gasteiger partial charge in [0.2, 0.25) is 0 Å². The van der Waals surface area contributed by atoms with E-state index in [0.717, 1.165) is 16.9 Å². The van der Waals surface area contributed by atoms with Crippen LogP contribution in [0.2, 0.25) is 0 Å². The van der Waals surface area contributed by atoms with Crippen LogP contribution in [0.4, 0.5) is 5.69 Å². The molecule has 3 N–H and O–H groups in total. The molecule has 1 unspecified atom stereocenters. The summed E-state index contributed by atoms with van der Waals surface area (Å²) in [5.74, 6) is 6.61. The van der Waals surface area contributed by atoms with Crippen molar-refractivity contribution in [2.45, 2.75) is 13.0 Å². The van der Waals surface area contributed by atoms with Crippen LogP contribution < -0.4 is 20.9 Å². The number of nitrogens with one attached hydrogen (secondary N) is 1. The van der Waals surface area contributed by atoms with Gasteiger partial charge in [-0.3, -0.25) is 5.84 Å². The van der Waals surface area contributed by atoms with Crippen LogP contribution in [0.1, 0.15) is 24.1 Å². The Morgan fingerprint density at radius 2 is 1.52 bits per heavy atom. The molecule has 0 spiro atoms. The summed E-state index contributed by atoms with van der Waals surface area (Å²) in [7, 11) is 4.06. The Kier molecular flexibility index (Phi) is 5.20. The quantitative estimate of drug-likeness (QED) is 0.633. The Labute approximate surface area is 126 Å². The summed E-state index contributed by atoms with van der Waals surface area (Å²) in [4.78, 5) is 2.07. The second-order valence-electron chi connectivity index (χ2n) is 5.09. The number of benzene rings is 2. The highest BCUT2D eigenvalue weighted by molar-refractivity contribution is 5.47. The van der Waals surface area contributed by atoms with Crippen LogP contribution >= 0.6 is 0 Å². The lowest BCUT2D eigenvalue weighted by molar-refractivity contribution is 0.340. The molecule has 0 aliphatic heterocycles. The molecule has 2 aromatic rings. The van der Waals surface area contributed by atoms with Crippen LogP contribution in [-0.4, -0.2) is 20.7 Å². The third-order valence-corrected chi connectivity index (χ3v) is 3.43. The van der Waals surface area contributed by atoms with Crippen molar-refractivity contribution in [2.75, 3.05) is 25.6 Å². The van der Waals surface area contributed by atoms with Gasteiger partial charge in [-0.2, -0.15) is 0 Å². The minimum absolute atomic E-state index is 0.0307. The SMILES string of the molecule is CCOc1ccc(C(NN)c2ccc(N(C)C)cc2)cc1. The van der Waals surface area contributed by atoms with Crippen molar-refractivity contribution in [1.29, 1.82) is 0 Å². The number of anilines is 1. The summed E-state index contributed by atoms with van der Waals surface area (Å²) in [6, 6.07) is 16.4. The average molecular weight is 285 g/mol. The van der Waals surface area contributed by atoms with Crippen LogP contribution in [0.15, 0.2) is 48.5 Å². The monoisotopic (exact) mass is 285 g/mol. The van der Waals surface area contributed by atoms with Crippen LogP contribution in [0.5, 0.6) is 5.75 Å². The number of hydrazine groups is 1. The second-order valence-corrected chi connectivity index (χ2v) is 5.09. The number of rotatable bonds is 6. The van der Waals surface area contributed by atoms with Gasteiger partial charge in [0.05, 0.1) is 12.6 Å². The zero-order valence-corrected chi connectivity index (χ0v) is 12.8. The molecular formula is C17H23N3O. The number of nitrogens with zero attached hydrogens (tertiary/aromatic N) is 1. The van der Waals surface area contributed by atoms with Gasteiger partial charge in [0, 0.05) is 19.8 Å². The maximum atomic E-state index is 5.74. The Hall–Kier alpha value is -2.04. The number of nitrogens with two attached hydrogens (primary N) is 1. The minimum Gasteiger partial charge on any atom is -0.494 e. The van der Waals surface area contributed by atoms with E-state index in [1.54, 1.807) is 0 Å². The van der Waals surface area contributed by atoms with E-state index in [9.17, 15) is 0 Å². The molecule has 0 amide bonds. The van der Waals surface area contributed by atoms with Gasteiger partial charge in [-0.05, 0) is 42.3 Å². The first-order valence-corrected chi connectivity index (χ1v) is 7.12. The van der Waals surface area contributed by atoms with Crippen molar-refractivity contribution in [1.82, 2.24) is 5.43 Å². The first kappa shape index (κ1) is 15.4. The molecule has 0 saturated heterocycles. The van der Waals surface area contributed by atoms with E-state index in [1.807, 2.05) is 45.3 Å². The molecule has 4 heteroatoms. The Morgan fingerprint density at radius 3 is 1.95 bits per heavy atom. The minimum atomic E-state index is -0.0307. The maximum Gasteiger partial charge on any atom is 0.119 e. The van der Waals surface area contributed by atoms with E-state index < -0.39 is 0 Å². The van der Waals surface area contributed by atoms with Crippen molar-refractivity contribution < 1.29 is 4.74 Å². The summed E-state index contributed by atoms with van der Waals surface area (Å²) >= 11 is 0. The van der Waals surface area contributed by atoms with Crippen LogP contribution in [-0.2, 0) is 0 Å². The third-order valence-electron chi connectivity index (χ3n) is 3.43. The van der Waals surface area contributed by atoms with Gasteiger partial charge in [0.25, 0.3) is 0 Å². The standard InChI is InChI=1S/C17H23N3O/c1-4-21-16-11-7-14(8-12-16)17(19-18)13-5-9-15(10-6-13)20(2)3/h5-12,17,19H,4,18H2,1-3H3. The molecule has 2 rings (SSSR count). The summed E-state index contributed by atoms with van der Waals surface area (Å²) < 4.78 is 5.46. The number of hydrogen-bond acceptors (Lipinski definition) is 4. The Bertz CT molecular complexity index is 549. The molecule has 1 atom stereocenters. The highest BCUT2D eigenvalue weighted by atomic mass is 16.5. The van der Waals surface area contributed by atoms with Crippen molar-refractivity contribution in [3.05, 3.63) is 59.7 Å². The van der Waals surface area contributed by atoms with Gasteiger partial charge in [0.1, 0.15) is 5.75 Å². The van der Waals surface area contributed by atoms with Gasteiger partial charge in [-0.1, -0.05) is 24.3 Å². The largest absolute Gasteiger partial charge is 0.494 e. The smallest absolute Gasteiger partial charge is 0.119 e. The summed E-state index contributed by atoms with van der Waals surface area (Å²) in [6.07, 6.45) is 0. The van der Waals surface area contributed by atoms with E-state index in [2.05, 4.69) is 34.6 Å². The molecule has 0 fully saturated rings. The normalized spacial score (nSPS) is 12.0. The average Bonchev–Trinajstić information content (AvgIpc) is 2.50. The lowest BCUT2D eigenvalue weighted by atomic mass is 9.99. The fourth-order valence-electron chi connectivity index (χ4n) is 2.27. The van der Waals surface area contributed by atoms with Gasteiger partial charge in [0.15, 0.2) is 0 Å². The first-order chi connectivity index (χ1) is 10.2. The van der Waals surface area contributed by atoms with Gasteiger partial charge >= 0.3 is 0 Å². The summed E-state index contributed by atoms with van der Waals surface area (Å²) in [5, 5.41) is 0. The zero-order chi connectivity index (χ0) is 15.2. The fraction of sp³-hybridized carbons (Fsp3) is 0.294. The van der Waals surface area contributed by atoms with E-state index in [4.69, 9.17) is 10.6 Å². The predicted octanol–water partition coefficient (Wildman–Crippen LogP) is 2.70. The Morgan fingerprint density at radius 1 is 1.00 bits per heavy atom. The second kappa shape index (κ2) is 7.11. The highest BCUT2D eigenvalue weighted by Crippen LogP contribution is 2.25. The van der Waals surface area contributed by atoms with Crippen molar-refractivity contribution in [2.24, 2.45) is 5.84 Å². The van der Waals surface area contributed by atoms with Crippen LogP contribution in [0.3, 0.4) is 0 Å². The number of hydrogen-bond donors (Lipinski definition) is 2. The molecule has 21 heavy (non-hydrogen) atoms. The molecule has 0 bridgehead atoms. The van der Waals surface area contributed by atoms with Crippen molar-refractivity contribution >= 4 is 5.69 Å². The Balaban J connectivity index is 2.22. The van der Waals surface area contributed by atoms with Crippen molar-refractivity contribution in [3.63, 3.8) is 0 Å². The first-order valence-electron chi connectivity index (χ1n) is 7.12. The lowest BCUT2D eigenvalue weighted by Crippen LogP contribution is -2.28. The molecular weight excluding hydrogens is 262 g/mol. The molecule has 0 heterocycles. The lowest BCUT2D eigenvalue weighted by Gasteiger charge is -2.19. The number of ether oxygens (including phenoxy) is 1. The molecule has 0 saturated carbocycles. The molecule has 4 nitrogen and oxygen atoms in total. The molecule has 112 valence electrons. The molecule has 2 aromatic carbocycles. The molecule has 0 aromatic heterocycles. The van der Waals surface area contributed by atoms with Gasteiger partial charge < -0.3 is 9.64 Å². The summed E-state index contributed by atoms with van der Waals surface area (Å²) in [6.45, 7) is 2.65. The zero-order valence-electron chi connectivity index (χ0n) is 12.8.